The van der Waals surface area contributed by atoms with E-state index in [9.17, 15) is 4.79 Å². The third kappa shape index (κ3) is 3.94. The van der Waals surface area contributed by atoms with E-state index in [1.165, 1.54) is 9.75 Å². The molecular formula is C16H21N5O2S. The van der Waals surface area contributed by atoms with Gasteiger partial charge in [0.05, 0.1) is 13.7 Å². The number of piperazine rings is 1. The van der Waals surface area contributed by atoms with Gasteiger partial charge in [-0.15, -0.1) is 11.3 Å². The maximum atomic E-state index is 12.3. The number of rotatable bonds is 4. The lowest BCUT2D eigenvalue weighted by atomic mass is 10.3. The van der Waals surface area contributed by atoms with Gasteiger partial charge in [-0.2, -0.15) is 4.98 Å². The van der Waals surface area contributed by atoms with Crippen molar-refractivity contribution >= 4 is 23.3 Å². The normalized spacial score (nSPS) is 14.6. The molecule has 128 valence electrons. The summed E-state index contributed by atoms with van der Waals surface area (Å²) in [6, 6.07) is 5.82. The smallest absolute Gasteiger partial charge is 0.317 e. The maximum absolute atomic E-state index is 12.3. The average molecular weight is 347 g/mol. The minimum atomic E-state index is -0.0211. The second kappa shape index (κ2) is 7.48. The fraction of sp³-hybridized carbons (Fsp3) is 0.438. The molecule has 8 heteroatoms. The van der Waals surface area contributed by atoms with Crippen LogP contribution in [0.15, 0.2) is 24.4 Å². The van der Waals surface area contributed by atoms with Gasteiger partial charge in [-0.25, -0.2) is 9.78 Å². The number of amides is 2. The molecule has 3 rings (SSSR count). The van der Waals surface area contributed by atoms with Crippen LogP contribution in [0, 0.1) is 6.92 Å². The summed E-state index contributed by atoms with van der Waals surface area (Å²) in [7, 11) is 1.59. The van der Waals surface area contributed by atoms with Gasteiger partial charge in [0.2, 0.25) is 11.8 Å². The summed E-state index contributed by atoms with van der Waals surface area (Å²) in [6.45, 7) is 5.36. The Labute approximate surface area is 145 Å². The zero-order valence-electron chi connectivity index (χ0n) is 13.9. The molecule has 1 N–H and O–H groups in total. The molecule has 24 heavy (non-hydrogen) atoms. The van der Waals surface area contributed by atoms with Gasteiger partial charge >= 0.3 is 6.03 Å². The highest BCUT2D eigenvalue weighted by molar-refractivity contribution is 7.11. The number of urea groups is 1. The number of aryl methyl sites for hydroxylation is 1. The molecule has 1 saturated heterocycles. The fourth-order valence-electron chi connectivity index (χ4n) is 2.56. The average Bonchev–Trinajstić information content (AvgIpc) is 3.05. The number of thiophene rings is 1. The molecule has 0 atom stereocenters. The van der Waals surface area contributed by atoms with Crippen LogP contribution in [0.1, 0.15) is 9.75 Å². The van der Waals surface area contributed by atoms with Crippen LogP contribution in [0.25, 0.3) is 0 Å². The van der Waals surface area contributed by atoms with Gasteiger partial charge < -0.3 is 19.9 Å². The fourth-order valence-corrected chi connectivity index (χ4v) is 3.39. The number of carbonyl (C=O) groups excluding carboxylic acids is 1. The zero-order valence-corrected chi connectivity index (χ0v) is 14.7. The van der Waals surface area contributed by atoms with Crippen molar-refractivity contribution in [3.8, 4) is 5.88 Å². The summed E-state index contributed by atoms with van der Waals surface area (Å²) in [6.07, 6.45) is 1.68. The predicted molar refractivity (Wildman–Crippen MR) is 93.7 cm³/mol. The van der Waals surface area contributed by atoms with E-state index in [2.05, 4.69) is 39.2 Å². The van der Waals surface area contributed by atoms with Crippen molar-refractivity contribution in [1.82, 2.24) is 20.2 Å². The van der Waals surface area contributed by atoms with Crippen LogP contribution >= 0.6 is 11.3 Å². The summed E-state index contributed by atoms with van der Waals surface area (Å²) in [4.78, 5) is 27.2. The first-order valence-corrected chi connectivity index (χ1v) is 8.67. The Morgan fingerprint density at radius 2 is 2.08 bits per heavy atom. The number of ether oxygens (including phenoxy) is 1. The molecule has 1 aliphatic rings. The first-order valence-electron chi connectivity index (χ1n) is 7.86. The highest BCUT2D eigenvalue weighted by atomic mass is 32.1. The number of methoxy groups -OCH3 is 1. The number of hydrogen-bond acceptors (Lipinski definition) is 6. The van der Waals surface area contributed by atoms with Gasteiger partial charge in [-0.3, -0.25) is 0 Å². The summed E-state index contributed by atoms with van der Waals surface area (Å²) in [5, 5.41) is 2.98. The van der Waals surface area contributed by atoms with Crippen LogP contribution in [0.2, 0.25) is 0 Å². The highest BCUT2D eigenvalue weighted by Crippen LogP contribution is 2.16. The van der Waals surface area contributed by atoms with Crippen molar-refractivity contribution in [3.63, 3.8) is 0 Å². The van der Waals surface area contributed by atoms with E-state index >= 15 is 0 Å². The van der Waals surface area contributed by atoms with E-state index < -0.39 is 0 Å². The quantitative estimate of drug-likeness (QED) is 0.914. The van der Waals surface area contributed by atoms with Crippen molar-refractivity contribution in [2.45, 2.75) is 13.5 Å². The Kier molecular flexibility index (Phi) is 5.14. The molecule has 1 aliphatic heterocycles. The van der Waals surface area contributed by atoms with Gasteiger partial charge in [0.15, 0.2) is 0 Å². The molecule has 1 fully saturated rings. The van der Waals surface area contributed by atoms with Crippen molar-refractivity contribution in [2.24, 2.45) is 0 Å². The Morgan fingerprint density at radius 3 is 2.75 bits per heavy atom. The molecule has 0 saturated carbocycles. The Hall–Kier alpha value is -2.35. The lowest BCUT2D eigenvalue weighted by Crippen LogP contribution is -2.52. The molecule has 3 heterocycles. The largest absolute Gasteiger partial charge is 0.481 e. The van der Waals surface area contributed by atoms with Crippen molar-refractivity contribution < 1.29 is 9.53 Å². The molecule has 0 radical (unpaired) electrons. The van der Waals surface area contributed by atoms with Crippen LogP contribution in [0.3, 0.4) is 0 Å². The van der Waals surface area contributed by atoms with Crippen molar-refractivity contribution in [3.05, 3.63) is 34.2 Å². The van der Waals surface area contributed by atoms with Gasteiger partial charge in [0.1, 0.15) is 0 Å². The van der Waals surface area contributed by atoms with E-state index in [4.69, 9.17) is 4.74 Å². The van der Waals surface area contributed by atoms with Crippen molar-refractivity contribution in [1.29, 1.82) is 0 Å². The molecule has 2 amide bonds. The van der Waals surface area contributed by atoms with Gasteiger partial charge in [-0.1, -0.05) is 0 Å². The number of hydrogen-bond donors (Lipinski definition) is 1. The van der Waals surface area contributed by atoms with Gasteiger partial charge in [-0.05, 0) is 19.1 Å². The molecular weight excluding hydrogens is 326 g/mol. The topological polar surface area (TPSA) is 70.6 Å². The van der Waals surface area contributed by atoms with Gasteiger partial charge in [0, 0.05) is 48.2 Å². The highest BCUT2D eigenvalue weighted by Gasteiger charge is 2.22. The lowest BCUT2D eigenvalue weighted by molar-refractivity contribution is 0.193. The first kappa shape index (κ1) is 16.5. The first-order chi connectivity index (χ1) is 11.7. The molecule has 0 unspecified atom stereocenters. The number of carbonyl (C=O) groups is 1. The van der Waals surface area contributed by atoms with Crippen molar-refractivity contribution in [2.75, 3.05) is 38.2 Å². The Balaban J connectivity index is 1.49. The van der Waals surface area contributed by atoms with E-state index in [-0.39, 0.29) is 6.03 Å². The lowest BCUT2D eigenvalue weighted by Gasteiger charge is -2.34. The minimum Gasteiger partial charge on any atom is -0.481 e. The summed E-state index contributed by atoms with van der Waals surface area (Å²) < 4.78 is 5.13. The second-order valence-electron chi connectivity index (χ2n) is 5.54. The molecule has 0 spiro atoms. The molecule has 7 nitrogen and oxygen atoms in total. The summed E-state index contributed by atoms with van der Waals surface area (Å²) in [5.74, 6) is 1.19. The predicted octanol–water partition coefficient (Wildman–Crippen LogP) is 1.89. The third-order valence-electron chi connectivity index (χ3n) is 3.89. The minimum absolute atomic E-state index is 0.0211. The zero-order chi connectivity index (χ0) is 16.9. The van der Waals surface area contributed by atoms with E-state index in [0.717, 1.165) is 0 Å². The molecule has 2 aromatic heterocycles. The van der Waals surface area contributed by atoms with Crippen LogP contribution in [0.5, 0.6) is 5.88 Å². The van der Waals surface area contributed by atoms with Crippen LogP contribution in [0.4, 0.5) is 10.7 Å². The molecule has 2 aromatic rings. The molecule has 0 aromatic carbocycles. The third-order valence-corrected chi connectivity index (χ3v) is 4.89. The SMILES string of the molecule is COc1ccnc(N2CCN(C(=O)NCc3ccc(C)s3)CC2)n1. The second-order valence-corrected chi connectivity index (χ2v) is 6.92. The standard InChI is InChI=1S/C16H21N5O2S/c1-12-3-4-13(24-12)11-18-16(22)21-9-7-20(8-10-21)15-17-6-5-14(19-15)23-2/h3-6H,7-11H2,1-2H3,(H,18,22). The number of nitrogens with zero attached hydrogens (tertiary/aromatic N) is 4. The molecule has 0 bridgehead atoms. The van der Waals surface area contributed by atoms with E-state index in [0.29, 0.717) is 44.6 Å². The number of anilines is 1. The summed E-state index contributed by atoms with van der Waals surface area (Å²) in [5.41, 5.74) is 0. The Bertz CT molecular complexity index is 697. The van der Waals surface area contributed by atoms with Gasteiger partial charge in [0.25, 0.3) is 0 Å². The monoisotopic (exact) mass is 347 g/mol. The van der Waals surface area contributed by atoms with E-state index in [1.54, 1.807) is 30.7 Å². The molecule has 0 aliphatic carbocycles. The Morgan fingerprint density at radius 1 is 1.29 bits per heavy atom. The number of aromatic nitrogens is 2. The van der Waals surface area contributed by atoms with Crippen LogP contribution in [-0.4, -0.2) is 54.2 Å². The van der Waals surface area contributed by atoms with Crippen LogP contribution < -0.4 is 15.0 Å². The van der Waals surface area contributed by atoms with Crippen LogP contribution in [-0.2, 0) is 6.54 Å². The van der Waals surface area contributed by atoms with E-state index in [1.807, 2.05) is 4.90 Å². The summed E-state index contributed by atoms with van der Waals surface area (Å²) >= 11 is 1.71. The maximum Gasteiger partial charge on any atom is 0.317 e. The number of nitrogens with one attached hydrogen (secondary N) is 1.